The fourth-order valence-electron chi connectivity index (χ4n) is 2.25. The van der Waals surface area contributed by atoms with Gasteiger partial charge in [0.15, 0.2) is 0 Å². The number of unbranched alkanes of at least 4 members (excludes halogenated alkanes) is 3. The van der Waals surface area contributed by atoms with Gasteiger partial charge in [-0.2, -0.15) is 0 Å². The van der Waals surface area contributed by atoms with Gasteiger partial charge in [-0.1, -0.05) is 31.9 Å². The molecule has 0 bridgehead atoms. The number of aromatic nitrogens is 2. The first-order valence-corrected chi connectivity index (χ1v) is 7.02. The Bertz CT molecular complexity index is 461. The van der Waals surface area contributed by atoms with Gasteiger partial charge >= 0.3 is 0 Å². The second-order valence-corrected chi connectivity index (χ2v) is 4.69. The van der Waals surface area contributed by atoms with Crippen molar-refractivity contribution in [2.45, 2.75) is 39.2 Å². The smallest absolute Gasteiger partial charge is 0.0958 e. The second-order valence-electron chi connectivity index (χ2n) is 4.69. The van der Waals surface area contributed by atoms with Crippen LogP contribution in [0.5, 0.6) is 0 Å². The molecule has 0 radical (unpaired) electrons. The van der Waals surface area contributed by atoms with Crippen LogP contribution in [0, 0.1) is 0 Å². The van der Waals surface area contributed by atoms with E-state index in [1.54, 1.807) is 0 Å². The second kappa shape index (κ2) is 7.17. The number of hydrogen-bond donors (Lipinski definition) is 1. The van der Waals surface area contributed by atoms with Gasteiger partial charge in [0.2, 0.25) is 0 Å². The van der Waals surface area contributed by atoms with Gasteiger partial charge in [-0.3, -0.25) is 0 Å². The number of aryl methyl sites for hydroxylation is 1. The minimum Gasteiger partial charge on any atom is -0.331 e. The number of benzene rings is 1. The van der Waals surface area contributed by atoms with Crippen LogP contribution in [0.25, 0.3) is 11.0 Å². The number of hydrogen-bond acceptors (Lipinski definition) is 2. The molecular formula is C15H23N3. The fraction of sp³-hybridized carbons (Fsp3) is 0.533. The lowest BCUT2D eigenvalue weighted by Crippen LogP contribution is -2.13. The molecule has 0 spiro atoms. The van der Waals surface area contributed by atoms with Crippen molar-refractivity contribution in [2.75, 3.05) is 13.1 Å². The first kappa shape index (κ1) is 13.1. The number of para-hydroxylation sites is 2. The third kappa shape index (κ3) is 3.57. The van der Waals surface area contributed by atoms with Crippen molar-refractivity contribution in [3.8, 4) is 0 Å². The maximum atomic E-state index is 4.41. The van der Waals surface area contributed by atoms with E-state index in [0.717, 1.165) is 25.2 Å². The van der Waals surface area contributed by atoms with Crippen LogP contribution < -0.4 is 5.32 Å². The van der Waals surface area contributed by atoms with Crippen molar-refractivity contribution in [1.29, 1.82) is 0 Å². The fourth-order valence-corrected chi connectivity index (χ4v) is 2.25. The Morgan fingerprint density at radius 2 is 1.94 bits per heavy atom. The zero-order valence-corrected chi connectivity index (χ0v) is 11.2. The average Bonchev–Trinajstić information content (AvgIpc) is 2.81. The average molecular weight is 245 g/mol. The summed E-state index contributed by atoms with van der Waals surface area (Å²) in [6.07, 6.45) is 7.12. The molecule has 0 saturated heterocycles. The summed E-state index contributed by atoms with van der Waals surface area (Å²) in [6.45, 7) is 5.48. The van der Waals surface area contributed by atoms with Crippen LogP contribution >= 0.6 is 0 Å². The normalized spacial score (nSPS) is 11.2. The molecule has 0 atom stereocenters. The molecule has 0 saturated carbocycles. The van der Waals surface area contributed by atoms with E-state index in [1.165, 1.54) is 31.2 Å². The van der Waals surface area contributed by atoms with Crippen LogP contribution in [0.2, 0.25) is 0 Å². The highest BCUT2D eigenvalue weighted by Crippen LogP contribution is 2.13. The topological polar surface area (TPSA) is 29.9 Å². The number of nitrogens with one attached hydrogen (secondary N) is 1. The molecule has 0 fully saturated rings. The number of imidazole rings is 1. The van der Waals surface area contributed by atoms with Gasteiger partial charge < -0.3 is 9.88 Å². The Labute approximate surface area is 109 Å². The molecule has 2 aromatic rings. The van der Waals surface area contributed by atoms with Crippen LogP contribution in [0.15, 0.2) is 30.6 Å². The summed E-state index contributed by atoms with van der Waals surface area (Å²) >= 11 is 0. The highest BCUT2D eigenvalue weighted by molar-refractivity contribution is 5.74. The van der Waals surface area contributed by atoms with Crippen LogP contribution in [0.4, 0.5) is 0 Å². The van der Waals surface area contributed by atoms with E-state index in [0.29, 0.717) is 0 Å². The maximum absolute atomic E-state index is 4.41. The largest absolute Gasteiger partial charge is 0.331 e. The lowest BCUT2D eigenvalue weighted by atomic mass is 10.2. The minimum atomic E-state index is 1.08. The van der Waals surface area contributed by atoms with Crippen LogP contribution in [-0.4, -0.2) is 22.6 Å². The standard InChI is InChI=1S/C15H23N3/c1-2-16-11-7-3-4-8-12-18-13-17-14-9-5-6-10-15(14)18/h5-6,9-10,13,16H,2-4,7-8,11-12H2,1H3. The zero-order valence-electron chi connectivity index (χ0n) is 11.2. The third-order valence-electron chi connectivity index (χ3n) is 3.28. The summed E-state index contributed by atoms with van der Waals surface area (Å²) < 4.78 is 2.26. The summed E-state index contributed by atoms with van der Waals surface area (Å²) in [5, 5.41) is 3.36. The molecular weight excluding hydrogens is 222 g/mol. The molecule has 0 amide bonds. The van der Waals surface area contributed by atoms with Gasteiger partial charge in [0.25, 0.3) is 0 Å². The van der Waals surface area contributed by atoms with E-state index < -0.39 is 0 Å². The van der Waals surface area contributed by atoms with Gasteiger partial charge in [0.05, 0.1) is 17.4 Å². The van der Waals surface area contributed by atoms with Crippen LogP contribution in [0.1, 0.15) is 32.6 Å². The minimum absolute atomic E-state index is 1.08. The molecule has 0 aliphatic heterocycles. The molecule has 3 nitrogen and oxygen atoms in total. The number of fused-ring (bicyclic) bond motifs is 1. The van der Waals surface area contributed by atoms with Crippen molar-refractivity contribution in [3.63, 3.8) is 0 Å². The number of rotatable bonds is 8. The predicted octanol–water partition coefficient (Wildman–Crippen LogP) is 3.21. The first-order valence-electron chi connectivity index (χ1n) is 7.02. The Morgan fingerprint density at radius 1 is 1.11 bits per heavy atom. The number of nitrogens with zero attached hydrogens (tertiary/aromatic N) is 2. The van der Waals surface area contributed by atoms with Crippen molar-refractivity contribution in [1.82, 2.24) is 14.9 Å². The third-order valence-corrected chi connectivity index (χ3v) is 3.28. The summed E-state index contributed by atoms with van der Waals surface area (Å²) in [5.74, 6) is 0. The van der Waals surface area contributed by atoms with Gasteiger partial charge in [0, 0.05) is 6.54 Å². The highest BCUT2D eigenvalue weighted by Gasteiger charge is 2.00. The molecule has 98 valence electrons. The van der Waals surface area contributed by atoms with Crippen LogP contribution in [-0.2, 0) is 6.54 Å². The van der Waals surface area contributed by atoms with Crippen LogP contribution in [0.3, 0.4) is 0 Å². The molecule has 0 aliphatic carbocycles. The zero-order chi connectivity index (χ0) is 12.6. The van der Waals surface area contributed by atoms with Gasteiger partial charge in [0.1, 0.15) is 0 Å². The maximum Gasteiger partial charge on any atom is 0.0958 e. The molecule has 3 heteroatoms. The van der Waals surface area contributed by atoms with E-state index in [-0.39, 0.29) is 0 Å². The molecule has 1 aromatic heterocycles. The summed E-state index contributed by atoms with van der Waals surface area (Å²) in [7, 11) is 0. The lowest BCUT2D eigenvalue weighted by molar-refractivity contribution is 0.561. The Balaban J connectivity index is 1.70. The summed E-state index contributed by atoms with van der Waals surface area (Å²) in [6, 6.07) is 8.34. The molecule has 1 N–H and O–H groups in total. The molecule has 0 unspecified atom stereocenters. The van der Waals surface area contributed by atoms with E-state index in [2.05, 4.69) is 40.0 Å². The Morgan fingerprint density at radius 3 is 2.83 bits per heavy atom. The highest BCUT2D eigenvalue weighted by atomic mass is 15.0. The summed E-state index contributed by atoms with van der Waals surface area (Å²) in [5.41, 5.74) is 2.36. The lowest BCUT2D eigenvalue weighted by Gasteiger charge is -2.04. The van der Waals surface area contributed by atoms with Crippen molar-refractivity contribution in [2.24, 2.45) is 0 Å². The SMILES string of the molecule is CCNCCCCCCn1cnc2ccccc21. The van der Waals surface area contributed by atoms with E-state index >= 15 is 0 Å². The van der Waals surface area contributed by atoms with Crippen molar-refractivity contribution in [3.05, 3.63) is 30.6 Å². The van der Waals surface area contributed by atoms with E-state index in [9.17, 15) is 0 Å². The molecule has 18 heavy (non-hydrogen) atoms. The van der Waals surface area contributed by atoms with Gasteiger partial charge in [-0.25, -0.2) is 4.98 Å². The Hall–Kier alpha value is -1.35. The van der Waals surface area contributed by atoms with Crippen molar-refractivity contribution >= 4 is 11.0 Å². The van der Waals surface area contributed by atoms with E-state index in [1.807, 2.05) is 12.4 Å². The molecule has 1 aromatic carbocycles. The van der Waals surface area contributed by atoms with Gasteiger partial charge in [-0.05, 0) is 38.1 Å². The van der Waals surface area contributed by atoms with Gasteiger partial charge in [-0.15, -0.1) is 0 Å². The quantitative estimate of drug-likeness (QED) is 0.724. The summed E-state index contributed by atoms with van der Waals surface area (Å²) in [4.78, 5) is 4.41. The predicted molar refractivity (Wildman–Crippen MR) is 76.7 cm³/mol. The van der Waals surface area contributed by atoms with Crippen molar-refractivity contribution < 1.29 is 0 Å². The first-order chi connectivity index (χ1) is 8.92. The molecule has 2 rings (SSSR count). The van der Waals surface area contributed by atoms with E-state index in [4.69, 9.17) is 0 Å². The monoisotopic (exact) mass is 245 g/mol. The molecule has 1 heterocycles. The Kier molecular flexibility index (Phi) is 5.21. The molecule has 0 aliphatic rings.